The lowest BCUT2D eigenvalue weighted by atomic mass is 10.0. The molecule has 2 atom stereocenters. The van der Waals surface area contributed by atoms with Crippen molar-refractivity contribution in [3.63, 3.8) is 0 Å². The number of hydrogen-bond acceptors (Lipinski definition) is 2. The smallest absolute Gasteiger partial charge is 0.0195 e. The molecule has 2 aromatic carbocycles. The summed E-state index contributed by atoms with van der Waals surface area (Å²) in [6.07, 6.45) is 4.91. The van der Waals surface area contributed by atoms with Gasteiger partial charge in [0.2, 0.25) is 0 Å². The largest absolute Gasteiger partial charge is 0.298 e. The molecule has 1 aliphatic rings. The van der Waals surface area contributed by atoms with E-state index in [1.54, 1.807) is 0 Å². The molecule has 3 rings (SSSR count). The first-order valence-electron chi connectivity index (χ1n) is 10.3. The Kier molecular flexibility index (Phi) is 7.28. The van der Waals surface area contributed by atoms with Crippen LogP contribution in [0.5, 0.6) is 0 Å². The molecule has 2 nitrogen and oxygen atoms in total. The molecule has 1 fully saturated rings. The molecule has 0 N–H and O–H groups in total. The maximum absolute atomic E-state index is 2.70. The summed E-state index contributed by atoms with van der Waals surface area (Å²) in [5.41, 5.74) is 2.93. The number of benzene rings is 2. The molecular formula is C24H34N2. The molecule has 1 saturated heterocycles. The molecule has 2 aromatic rings. The summed E-state index contributed by atoms with van der Waals surface area (Å²) >= 11 is 0. The molecule has 0 saturated carbocycles. The van der Waals surface area contributed by atoms with Crippen LogP contribution in [-0.4, -0.2) is 48.1 Å². The molecule has 0 spiro atoms. The van der Waals surface area contributed by atoms with Crippen LogP contribution in [0, 0.1) is 0 Å². The van der Waals surface area contributed by atoms with Crippen molar-refractivity contribution in [3.8, 4) is 0 Å². The predicted molar refractivity (Wildman–Crippen MR) is 112 cm³/mol. The number of aryl methyl sites for hydroxylation is 2. The molecule has 26 heavy (non-hydrogen) atoms. The average molecular weight is 351 g/mol. The third-order valence-electron chi connectivity index (χ3n) is 5.75. The van der Waals surface area contributed by atoms with Crippen molar-refractivity contribution in [3.05, 3.63) is 71.8 Å². The van der Waals surface area contributed by atoms with Gasteiger partial charge in [-0.05, 0) is 63.7 Å². The second kappa shape index (κ2) is 9.89. The molecule has 0 aromatic heterocycles. The average Bonchev–Trinajstić information content (AvgIpc) is 2.67. The maximum atomic E-state index is 2.70. The lowest BCUT2D eigenvalue weighted by molar-refractivity contribution is 0.0416. The van der Waals surface area contributed by atoms with Gasteiger partial charge in [-0.1, -0.05) is 60.7 Å². The van der Waals surface area contributed by atoms with E-state index in [2.05, 4.69) is 84.3 Å². The number of hydrogen-bond donors (Lipinski definition) is 0. The van der Waals surface area contributed by atoms with Crippen molar-refractivity contribution in [2.45, 2.75) is 51.6 Å². The van der Waals surface area contributed by atoms with Gasteiger partial charge >= 0.3 is 0 Å². The van der Waals surface area contributed by atoms with Gasteiger partial charge < -0.3 is 0 Å². The first-order valence-corrected chi connectivity index (χ1v) is 10.3. The van der Waals surface area contributed by atoms with Gasteiger partial charge in [0.25, 0.3) is 0 Å². The summed E-state index contributed by atoms with van der Waals surface area (Å²) in [6.45, 7) is 9.66. The minimum Gasteiger partial charge on any atom is -0.298 e. The van der Waals surface area contributed by atoms with Gasteiger partial charge in [0, 0.05) is 25.2 Å². The van der Waals surface area contributed by atoms with Crippen molar-refractivity contribution in [1.82, 2.24) is 9.80 Å². The SMILES string of the molecule is C[C@@H]1CN(CCCc2ccccc2)[C@@H](C)CN1CCCc1ccccc1. The van der Waals surface area contributed by atoms with Crippen LogP contribution in [0.2, 0.25) is 0 Å². The summed E-state index contributed by atoms with van der Waals surface area (Å²) in [6, 6.07) is 23.1. The van der Waals surface area contributed by atoms with Gasteiger partial charge in [0.1, 0.15) is 0 Å². The van der Waals surface area contributed by atoms with Gasteiger partial charge in [-0.25, -0.2) is 0 Å². The highest BCUT2D eigenvalue weighted by Gasteiger charge is 2.27. The van der Waals surface area contributed by atoms with Crippen molar-refractivity contribution in [1.29, 1.82) is 0 Å². The lowest BCUT2D eigenvalue weighted by Gasteiger charge is -2.44. The van der Waals surface area contributed by atoms with Crippen LogP contribution in [0.1, 0.15) is 37.8 Å². The molecule has 2 heteroatoms. The highest BCUT2D eigenvalue weighted by Crippen LogP contribution is 2.17. The molecule has 1 heterocycles. The van der Waals surface area contributed by atoms with E-state index in [0.717, 1.165) is 0 Å². The van der Waals surface area contributed by atoms with Crippen LogP contribution >= 0.6 is 0 Å². The van der Waals surface area contributed by atoms with E-state index in [1.165, 1.54) is 63.0 Å². The Morgan fingerprint density at radius 3 is 1.42 bits per heavy atom. The van der Waals surface area contributed by atoms with Gasteiger partial charge in [0.15, 0.2) is 0 Å². The van der Waals surface area contributed by atoms with Crippen molar-refractivity contribution in [2.75, 3.05) is 26.2 Å². The first-order chi connectivity index (χ1) is 12.7. The van der Waals surface area contributed by atoms with Crippen LogP contribution in [0.4, 0.5) is 0 Å². The van der Waals surface area contributed by atoms with E-state index in [1.807, 2.05) is 0 Å². The predicted octanol–water partition coefficient (Wildman–Crippen LogP) is 4.65. The highest BCUT2D eigenvalue weighted by molar-refractivity contribution is 5.15. The van der Waals surface area contributed by atoms with Crippen LogP contribution in [0.15, 0.2) is 60.7 Å². The van der Waals surface area contributed by atoms with Crippen LogP contribution in [-0.2, 0) is 12.8 Å². The van der Waals surface area contributed by atoms with Crippen LogP contribution < -0.4 is 0 Å². The van der Waals surface area contributed by atoms with Crippen molar-refractivity contribution < 1.29 is 0 Å². The normalized spacial score (nSPS) is 21.8. The van der Waals surface area contributed by atoms with Crippen LogP contribution in [0.3, 0.4) is 0 Å². The van der Waals surface area contributed by atoms with E-state index in [0.29, 0.717) is 12.1 Å². The summed E-state index contributed by atoms with van der Waals surface area (Å²) in [4.78, 5) is 5.39. The fraction of sp³-hybridized carbons (Fsp3) is 0.500. The second-order valence-corrected chi connectivity index (χ2v) is 7.87. The fourth-order valence-electron chi connectivity index (χ4n) is 4.15. The summed E-state index contributed by atoms with van der Waals surface area (Å²) < 4.78 is 0. The Hall–Kier alpha value is -1.64. The van der Waals surface area contributed by atoms with Gasteiger partial charge in [-0.3, -0.25) is 9.80 Å². The molecule has 0 bridgehead atoms. The topological polar surface area (TPSA) is 6.48 Å². The van der Waals surface area contributed by atoms with Crippen molar-refractivity contribution >= 4 is 0 Å². The van der Waals surface area contributed by atoms with Gasteiger partial charge in [-0.2, -0.15) is 0 Å². The van der Waals surface area contributed by atoms with E-state index < -0.39 is 0 Å². The first kappa shape index (κ1) is 19.1. The zero-order valence-electron chi connectivity index (χ0n) is 16.5. The molecule has 1 aliphatic heterocycles. The number of nitrogens with zero attached hydrogens (tertiary/aromatic N) is 2. The van der Waals surface area contributed by atoms with Gasteiger partial charge in [0.05, 0.1) is 0 Å². The zero-order valence-corrected chi connectivity index (χ0v) is 16.5. The molecular weight excluding hydrogens is 316 g/mol. The van der Waals surface area contributed by atoms with E-state index in [9.17, 15) is 0 Å². The fourth-order valence-corrected chi connectivity index (χ4v) is 4.15. The minimum absolute atomic E-state index is 0.665. The van der Waals surface area contributed by atoms with E-state index >= 15 is 0 Å². The Morgan fingerprint density at radius 1 is 0.654 bits per heavy atom. The summed E-state index contributed by atoms with van der Waals surface area (Å²) in [7, 11) is 0. The Bertz CT molecular complexity index is 568. The summed E-state index contributed by atoms with van der Waals surface area (Å²) in [5.74, 6) is 0. The van der Waals surface area contributed by atoms with Gasteiger partial charge in [-0.15, -0.1) is 0 Å². The Balaban J connectivity index is 1.39. The lowest BCUT2D eigenvalue weighted by Crippen LogP contribution is -2.56. The Morgan fingerprint density at radius 2 is 1.04 bits per heavy atom. The third kappa shape index (κ3) is 5.69. The minimum atomic E-state index is 0.665. The molecule has 140 valence electrons. The third-order valence-corrected chi connectivity index (χ3v) is 5.75. The van der Waals surface area contributed by atoms with E-state index in [-0.39, 0.29) is 0 Å². The molecule has 0 unspecified atom stereocenters. The van der Waals surface area contributed by atoms with Crippen molar-refractivity contribution in [2.24, 2.45) is 0 Å². The molecule has 0 radical (unpaired) electrons. The second-order valence-electron chi connectivity index (χ2n) is 7.87. The number of rotatable bonds is 8. The monoisotopic (exact) mass is 350 g/mol. The number of piperazine rings is 1. The highest BCUT2D eigenvalue weighted by atomic mass is 15.3. The van der Waals surface area contributed by atoms with Crippen LogP contribution in [0.25, 0.3) is 0 Å². The quantitative estimate of drug-likeness (QED) is 0.684. The molecule has 0 amide bonds. The Labute approximate surface area is 159 Å². The zero-order chi connectivity index (χ0) is 18.2. The molecule has 0 aliphatic carbocycles. The summed E-state index contributed by atoms with van der Waals surface area (Å²) in [5, 5.41) is 0. The maximum Gasteiger partial charge on any atom is 0.0195 e. The standard InChI is InChI=1S/C24H34N2/c1-21-19-26(18-10-16-24-13-7-4-8-14-24)22(2)20-25(21)17-9-15-23-11-5-3-6-12-23/h3-8,11-14,21-22H,9-10,15-20H2,1-2H3/t21-,22+. The van der Waals surface area contributed by atoms with E-state index in [4.69, 9.17) is 0 Å².